The van der Waals surface area contributed by atoms with Gasteiger partial charge in [-0.05, 0) is 12.0 Å². The van der Waals surface area contributed by atoms with Crippen LogP contribution in [0.3, 0.4) is 0 Å². The van der Waals surface area contributed by atoms with Gasteiger partial charge in [-0.2, -0.15) is 0 Å². The summed E-state index contributed by atoms with van der Waals surface area (Å²) in [5, 5.41) is 27.5. The Morgan fingerprint density at radius 1 is 1.00 bits per heavy atom. The molecule has 0 aliphatic carbocycles. The van der Waals surface area contributed by atoms with Crippen molar-refractivity contribution in [3.8, 4) is 0 Å². The molecule has 0 aromatic heterocycles. The summed E-state index contributed by atoms with van der Waals surface area (Å²) in [5.41, 5.74) is -1.07. The predicted octanol–water partition coefficient (Wildman–Crippen LogP) is 2.42. The second kappa shape index (κ2) is 10.0. The minimum Gasteiger partial charge on any atom is -0.354 e. The lowest BCUT2D eigenvalue weighted by Crippen LogP contribution is -2.75. The Morgan fingerprint density at radius 3 is 2.09 bits per heavy atom. The maximum Gasteiger partial charge on any atom is 0.511 e. The van der Waals surface area contributed by atoms with Crippen LogP contribution in [0.5, 0.6) is 0 Å². The first-order valence-corrected chi connectivity index (χ1v) is 11.8. The minimum atomic E-state index is -2.45. The van der Waals surface area contributed by atoms with Gasteiger partial charge in [0.25, 0.3) is 23.8 Å². The van der Waals surface area contributed by atoms with E-state index in [1.54, 1.807) is 30.3 Å². The van der Waals surface area contributed by atoms with Gasteiger partial charge in [-0.15, -0.1) is 0 Å². The van der Waals surface area contributed by atoms with Crippen molar-refractivity contribution in [1.82, 2.24) is 10.6 Å². The van der Waals surface area contributed by atoms with E-state index in [9.17, 15) is 29.8 Å². The fourth-order valence-corrected chi connectivity index (χ4v) is 5.25. The number of hydrogen-bond acceptors (Lipinski definition) is 9. The highest BCUT2D eigenvalue weighted by molar-refractivity contribution is 6.65. The van der Waals surface area contributed by atoms with Crippen molar-refractivity contribution in [1.29, 1.82) is 0 Å². The van der Waals surface area contributed by atoms with E-state index >= 15 is 0 Å². The molecule has 180 valence electrons. The van der Waals surface area contributed by atoms with Crippen LogP contribution in [0.4, 0.5) is 11.4 Å². The lowest BCUT2D eigenvalue weighted by atomic mass is 10.0. The van der Waals surface area contributed by atoms with Gasteiger partial charge < -0.3 is 23.9 Å². The van der Waals surface area contributed by atoms with Gasteiger partial charge in [0.15, 0.2) is 0 Å². The molecule has 3 saturated heterocycles. The molecule has 3 heterocycles. The zero-order valence-corrected chi connectivity index (χ0v) is 18.0. The number of benzene rings is 2. The third-order valence-corrected chi connectivity index (χ3v) is 7.66. The molecule has 0 spiro atoms. The zero-order chi connectivity index (χ0) is 23.6. The van der Waals surface area contributed by atoms with Gasteiger partial charge in [-0.25, -0.2) is 0 Å². The monoisotopic (exact) mass is 490 g/mol. The topological polar surface area (TPSA) is 172 Å². The summed E-state index contributed by atoms with van der Waals surface area (Å²) >= 11 is 0. The standard InChI is InChI=1S/C19H18N4O9Si.CH4/c24-17(13-9-14(22(26)27)11-15(10-13)23(28)29)21-16(12-5-2-1-3-6-12)18(25)20-7-4-8-33-30-19(31-33)32-33;/h1-3,5-6,9-11,16,19H,4,7-8H2,(H,20,25)(H,21,24);1H4/t16-,19?,33?;/m0./s1. The molecule has 2 N–H and O–H groups in total. The summed E-state index contributed by atoms with van der Waals surface area (Å²) in [4.78, 5) is 46.2. The van der Waals surface area contributed by atoms with Crippen LogP contribution in [0, 0.1) is 20.2 Å². The molecule has 2 bridgehead atoms. The van der Waals surface area contributed by atoms with Gasteiger partial charge in [0.2, 0.25) is 5.91 Å². The maximum atomic E-state index is 12.9. The highest BCUT2D eigenvalue weighted by Crippen LogP contribution is 2.43. The van der Waals surface area contributed by atoms with Gasteiger partial charge in [0, 0.05) is 24.7 Å². The summed E-state index contributed by atoms with van der Waals surface area (Å²) in [6.07, 6.45) is 0.539. The Balaban J connectivity index is 0.00000324. The molecule has 0 radical (unpaired) electrons. The van der Waals surface area contributed by atoms with Crippen LogP contribution >= 0.6 is 0 Å². The van der Waals surface area contributed by atoms with Gasteiger partial charge in [0.1, 0.15) is 6.04 Å². The van der Waals surface area contributed by atoms with E-state index in [4.69, 9.17) is 13.3 Å². The molecule has 2 aromatic carbocycles. The molecule has 14 heteroatoms. The van der Waals surface area contributed by atoms with Crippen LogP contribution in [-0.4, -0.2) is 43.5 Å². The first-order chi connectivity index (χ1) is 15.8. The smallest absolute Gasteiger partial charge is 0.354 e. The largest absolute Gasteiger partial charge is 0.511 e. The van der Waals surface area contributed by atoms with Crippen molar-refractivity contribution in [3.05, 3.63) is 79.9 Å². The Morgan fingerprint density at radius 2 is 1.59 bits per heavy atom. The Labute approximate surface area is 194 Å². The number of non-ortho nitro benzene ring substituents is 2. The molecule has 34 heavy (non-hydrogen) atoms. The quantitative estimate of drug-likeness (QED) is 0.219. The van der Waals surface area contributed by atoms with Crippen LogP contribution in [0.2, 0.25) is 6.04 Å². The predicted molar refractivity (Wildman–Crippen MR) is 118 cm³/mol. The highest BCUT2D eigenvalue weighted by atomic mass is 28.4. The Kier molecular flexibility index (Phi) is 7.36. The fraction of sp³-hybridized carbons (Fsp3) is 0.300. The van der Waals surface area contributed by atoms with Crippen molar-refractivity contribution in [2.45, 2.75) is 32.4 Å². The molecule has 1 atom stereocenters. The fourth-order valence-electron chi connectivity index (χ4n) is 3.36. The number of nitro benzene ring substituents is 2. The first kappa shape index (κ1) is 24.9. The summed E-state index contributed by atoms with van der Waals surface area (Å²) in [5.74, 6) is -1.39. The Bertz CT molecular complexity index is 1070. The SMILES string of the molecule is C.O=C(N[C@H](C(=O)NCCC[Si]12OC(O1)O2)c1ccccc1)c1cc([N+](=O)[O-])cc([N+](=O)[O-])c1. The second-order valence-electron chi connectivity index (χ2n) is 7.29. The van der Waals surface area contributed by atoms with Crippen molar-refractivity contribution >= 4 is 32.0 Å². The van der Waals surface area contributed by atoms with Crippen molar-refractivity contribution in [3.63, 3.8) is 0 Å². The number of carbonyl (C=O) groups excluding carboxylic acids is 2. The summed E-state index contributed by atoms with van der Waals surface area (Å²) in [7, 11) is -2.45. The zero-order valence-electron chi connectivity index (χ0n) is 17.0. The molecule has 2 amide bonds. The number of amides is 2. The average Bonchev–Trinajstić information content (AvgIpc) is 2.75. The molecule has 3 fully saturated rings. The highest BCUT2D eigenvalue weighted by Gasteiger charge is 2.68. The Hall–Kier alpha value is -3.72. The van der Waals surface area contributed by atoms with Gasteiger partial charge in [-0.1, -0.05) is 37.8 Å². The third kappa shape index (κ3) is 5.25. The van der Waals surface area contributed by atoms with E-state index in [1.165, 1.54) is 0 Å². The average molecular weight is 491 g/mol. The number of nitro groups is 2. The number of nitrogens with zero attached hydrogens (tertiary/aromatic N) is 2. The van der Waals surface area contributed by atoms with E-state index in [0.29, 0.717) is 18.0 Å². The van der Waals surface area contributed by atoms with E-state index in [1.807, 2.05) is 0 Å². The van der Waals surface area contributed by atoms with Crippen LogP contribution in [-0.2, 0) is 18.1 Å². The van der Waals surface area contributed by atoms with Crippen molar-refractivity contribution in [2.75, 3.05) is 6.54 Å². The summed E-state index contributed by atoms with van der Waals surface area (Å²) in [6.45, 7) is -0.260. The normalized spacial score (nSPS) is 20.5. The van der Waals surface area contributed by atoms with E-state index in [0.717, 1.165) is 18.2 Å². The van der Waals surface area contributed by atoms with Crippen LogP contribution in [0.15, 0.2) is 48.5 Å². The van der Waals surface area contributed by atoms with Crippen LogP contribution in [0.25, 0.3) is 0 Å². The molecule has 0 unspecified atom stereocenters. The van der Waals surface area contributed by atoms with E-state index in [-0.39, 0.29) is 19.5 Å². The van der Waals surface area contributed by atoms with E-state index in [2.05, 4.69) is 10.6 Å². The van der Waals surface area contributed by atoms with E-state index < -0.39 is 54.4 Å². The van der Waals surface area contributed by atoms with Crippen LogP contribution < -0.4 is 10.6 Å². The molecule has 2 aromatic rings. The summed E-state index contributed by atoms with van der Waals surface area (Å²) < 4.78 is 16.0. The molecule has 3 aliphatic rings. The lowest BCUT2D eigenvalue weighted by molar-refractivity contribution is -0.394. The first-order valence-electron chi connectivity index (χ1n) is 9.87. The second-order valence-corrected chi connectivity index (χ2v) is 9.86. The molecular weight excluding hydrogens is 468 g/mol. The molecule has 0 saturated carbocycles. The van der Waals surface area contributed by atoms with Crippen molar-refractivity contribution < 1.29 is 32.7 Å². The number of carbonyl (C=O) groups is 2. The number of hydrogen-bond donors (Lipinski definition) is 2. The lowest BCUT2D eigenvalue weighted by Gasteiger charge is -2.55. The van der Waals surface area contributed by atoms with Crippen LogP contribution in [0.1, 0.15) is 35.8 Å². The number of nitrogens with one attached hydrogen (secondary N) is 2. The van der Waals surface area contributed by atoms with Gasteiger partial charge >= 0.3 is 8.80 Å². The van der Waals surface area contributed by atoms with Gasteiger partial charge in [0.05, 0.1) is 21.5 Å². The minimum absolute atomic E-state index is 0. The number of rotatable bonds is 10. The summed E-state index contributed by atoms with van der Waals surface area (Å²) in [6, 6.07) is 10.4. The van der Waals surface area contributed by atoms with Crippen molar-refractivity contribution in [2.24, 2.45) is 0 Å². The molecule has 5 rings (SSSR count). The molecular formula is C20H22N4O9Si. The third-order valence-electron chi connectivity index (χ3n) is 5.04. The molecule has 3 aliphatic heterocycles. The maximum absolute atomic E-state index is 12.9. The molecule has 13 nitrogen and oxygen atoms in total. The van der Waals surface area contributed by atoms with Gasteiger partial charge in [-0.3, -0.25) is 29.8 Å².